The van der Waals surface area contributed by atoms with Crippen LogP contribution < -0.4 is 14.2 Å². The van der Waals surface area contributed by atoms with E-state index in [-0.39, 0.29) is 4.90 Å². The predicted molar refractivity (Wildman–Crippen MR) is 143 cm³/mol. The van der Waals surface area contributed by atoms with Crippen LogP contribution in [0.5, 0.6) is 23.0 Å². The van der Waals surface area contributed by atoms with Crippen molar-refractivity contribution in [2.75, 3.05) is 19.5 Å². The summed E-state index contributed by atoms with van der Waals surface area (Å²) < 4.78 is 41.0. The monoisotopic (exact) mass is 546 g/mol. The zero-order chi connectivity index (χ0) is 27.1. The first kappa shape index (κ1) is 28.3. The molecule has 0 aliphatic carbocycles. The van der Waals surface area contributed by atoms with Crippen LogP contribution in [0.1, 0.15) is 37.8 Å². The van der Waals surface area contributed by atoms with Crippen molar-refractivity contribution >= 4 is 27.4 Å². The summed E-state index contributed by atoms with van der Waals surface area (Å²) in [4.78, 5) is 10.1. The Kier molecular flexibility index (Phi) is 9.45. The maximum Gasteiger partial charge on any atom is 0.329 e. The number of ether oxygens (including phenoxy) is 3. The van der Waals surface area contributed by atoms with Gasteiger partial charge in [0.2, 0.25) is 0 Å². The molecule has 0 aliphatic heterocycles. The third-order valence-corrected chi connectivity index (χ3v) is 7.14. The van der Waals surface area contributed by atoms with Gasteiger partial charge >= 0.3 is 5.97 Å². The van der Waals surface area contributed by atoms with Crippen LogP contribution in [0.2, 0.25) is 0 Å². The summed E-state index contributed by atoms with van der Waals surface area (Å²) in [6.07, 6.45) is 3.53. The molecule has 0 radical (unpaired) electrons. The van der Waals surface area contributed by atoms with E-state index in [2.05, 4.69) is 6.92 Å². The van der Waals surface area contributed by atoms with Crippen LogP contribution in [-0.4, -0.2) is 39.0 Å². The Hall–Kier alpha value is -3.23. The summed E-state index contributed by atoms with van der Waals surface area (Å²) in [5.41, 5.74) is 1.46. The molecule has 0 amide bonds. The first-order chi connectivity index (χ1) is 17.5. The van der Waals surface area contributed by atoms with Crippen molar-refractivity contribution in [1.29, 1.82) is 0 Å². The fourth-order valence-electron chi connectivity index (χ4n) is 3.55. The zero-order valence-corrected chi connectivity index (χ0v) is 22.6. The fourth-order valence-corrected chi connectivity index (χ4v) is 4.30. The van der Waals surface area contributed by atoms with Gasteiger partial charge in [-0.3, -0.25) is 0 Å². The Labute approximate surface area is 222 Å². The number of hydrogen-bond acceptors (Lipinski definition) is 6. The number of hydrogen-bond donors (Lipinski definition) is 1. The fraction of sp³-hybridized carbons (Fsp3) is 0.321. The predicted octanol–water partition coefficient (Wildman–Crippen LogP) is 6.22. The highest BCUT2D eigenvalue weighted by Crippen LogP contribution is 2.32. The van der Waals surface area contributed by atoms with Gasteiger partial charge in [-0.1, -0.05) is 25.5 Å². The highest BCUT2D eigenvalue weighted by atomic mass is 35.5. The van der Waals surface area contributed by atoms with Crippen LogP contribution in [0.4, 0.5) is 0 Å². The summed E-state index contributed by atoms with van der Waals surface area (Å²) in [7, 11) is -3.26. The Balaban J connectivity index is 1.55. The van der Waals surface area contributed by atoms with Crippen molar-refractivity contribution in [2.24, 2.45) is 0 Å². The number of carboxylic acids is 1. The van der Waals surface area contributed by atoms with Crippen molar-refractivity contribution in [3.8, 4) is 23.0 Å². The molecule has 37 heavy (non-hydrogen) atoms. The molecule has 198 valence electrons. The minimum Gasteiger partial charge on any atom is -0.493 e. The zero-order valence-electron chi connectivity index (χ0n) is 21.1. The van der Waals surface area contributed by atoms with Crippen molar-refractivity contribution in [2.45, 2.75) is 42.9 Å². The highest BCUT2D eigenvalue weighted by Gasteiger charge is 2.32. The van der Waals surface area contributed by atoms with Gasteiger partial charge in [-0.15, -0.1) is 11.6 Å². The number of benzene rings is 3. The van der Waals surface area contributed by atoms with Crippen molar-refractivity contribution in [3.05, 3.63) is 77.9 Å². The molecular weight excluding hydrogens is 516 g/mol. The van der Waals surface area contributed by atoms with Gasteiger partial charge in [0.1, 0.15) is 23.0 Å². The van der Waals surface area contributed by atoms with Crippen molar-refractivity contribution in [1.82, 2.24) is 0 Å². The maximum absolute atomic E-state index is 11.6. The topological polar surface area (TPSA) is 99.1 Å². The first-order valence-electron chi connectivity index (χ1n) is 11.9. The molecule has 0 heterocycles. The van der Waals surface area contributed by atoms with E-state index in [1.165, 1.54) is 25.3 Å². The Morgan fingerprint density at radius 3 is 2.27 bits per heavy atom. The van der Waals surface area contributed by atoms with E-state index < -0.39 is 20.7 Å². The molecule has 0 aromatic heterocycles. The van der Waals surface area contributed by atoms with E-state index in [4.69, 9.17) is 25.8 Å². The molecule has 3 aromatic carbocycles. The van der Waals surface area contributed by atoms with Gasteiger partial charge in [-0.2, -0.15) is 0 Å². The number of aryl methyl sites for hydroxylation is 1. The second-order valence-corrected chi connectivity index (χ2v) is 11.5. The number of aliphatic carboxylic acids is 1. The molecular formula is C28H31ClO7S. The Bertz CT molecular complexity index is 1320. The minimum atomic E-state index is -3.26. The Morgan fingerprint density at radius 1 is 0.946 bits per heavy atom. The van der Waals surface area contributed by atoms with E-state index in [1.807, 2.05) is 18.2 Å². The lowest BCUT2D eigenvalue weighted by molar-refractivity contribution is -0.140. The third-order valence-electron chi connectivity index (χ3n) is 5.63. The van der Waals surface area contributed by atoms with Gasteiger partial charge in [0.25, 0.3) is 0 Å². The van der Waals surface area contributed by atoms with Crippen LogP contribution in [0.3, 0.4) is 0 Å². The summed E-state index contributed by atoms with van der Waals surface area (Å²) in [5.74, 6) is 1.37. The van der Waals surface area contributed by atoms with Gasteiger partial charge in [0.15, 0.2) is 14.7 Å². The smallest absolute Gasteiger partial charge is 0.329 e. The molecule has 9 heteroatoms. The lowest BCUT2D eigenvalue weighted by Gasteiger charge is -2.18. The first-order valence-corrected chi connectivity index (χ1v) is 14.2. The largest absolute Gasteiger partial charge is 0.493 e. The number of halogens is 1. The molecule has 3 rings (SSSR count). The average molecular weight is 547 g/mol. The molecule has 7 nitrogen and oxygen atoms in total. The van der Waals surface area contributed by atoms with E-state index >= 15 is 0 Å². The maximum atomic E-state index is 11.6. The minimum absolute atomic E-state index is 0.240. The second kappa shape index (κ2) is 12.3. The summed E-state index contributed by atoms with van der Waals surface area (Å²) in [5, 5.41) is 9.31. The summed E-state index contributed by atoms with van der Waals surface area (Å²) in [6, 6.07) is 18.7. The molecule has 0 spiro atoms. The quantitative estimate of drug-likeness (QED) is 0.200. The van der Waals surface area contributed by atoms with E-state index in [1.54, 1.807) is 36.4 Å². The SMILES string of the molecule is CCCc1cc(Oc2ccc(S(C)(=O)=O)cc2)ccc1OCCCOc1cccc(C(C)(Cl)C(=O)O)c1. The lowest BCUT2D eigenvalue weighted by Crippen LogP contribution is -2.25. The van der Waals surface area contributed by atoms with Crippen LogP contribution >= 0.6 is 11.6 Å². The van der Waals surface area contributed by atoms with Crippen molar-refractivity contribution < 1.29 is 32.5 Å². The molecule has 0 fully saturated rings. The molecule has 0 saturated carbocycles. The molecule has 3 aromatic rings. The second-order valence-electron chi connectivity index (χ2n) is 8.75. The van der Waals surface area contributed by atoms with Gasteiger partial charge in [-0.05, 0) is 79.1 Å². The number of sulfone groups is 1. The average Bonchev–Trinajstić information content (AvgIpc) is 2.85. The lowest BCUT2D eigenvalue weighted by atomic mass is 10.0. The molecule has 0 bridgehead atoms. The number of carboxylic acid groups (broad SMARTS) is 1. The van der Waals surface area contributed by atoms with E-state index in [0.717, 1.165) is 24.2 Å². The van der Waals surface area contributed by atoms with Gasteiger partial charge < -0.3 is 19.3 Å². The Morgan fingerprint density at radius 2 is 1.62 bits per heavy atom. The van der Waals surface area contributed by atoms with Crippen LogP contribution in [0.25, 0.3) is 0 Å². The van der Waals surface area contributed by atoms with Gasteiger partial charge in [-0.25, -0.2) is 13.2 Å². The van der Waals surface area contributed by atoms with Crippen molar-refractivity contribution in [3.63, 3.8) is 0 Å². The van der Waals surface area contributed by atoms with Gasteiger partial charge in [0.05, 0.1) is 18.1 Å². The molecule has 0 aliphatic rings. The number of alkyl halides is 1. The van der Waals surface area contributed by atoms with E-state index in [9.17, 15) is 18.3 Å². The number of carbonyl (C=O) groups is 1. The van der Waals surface area contributed by atoms with E-state index in [0.29, 0.717) is 42.4 Å². The summed E-state index contributed by atoms with van der Waals surface area (Å²) in [6.45, 7) is 4.34. The van der Waals surface area contributed by atoms with Crippen LogP contribution in [-0.2, 0) is 25.9 Å². The third kappa shape index (κ3) is 7.87. The molecule has 0 saturated heterocycles. The van der Waals surface area contributed by atoms with Gasteiger partial charge in [0, 0.05) is 12.7 Å². The highest BCUT2D eigenvalue weighted by molar-refractivity contribution is 7.90. The summed E-state index contributed by atoms with van der Waals surface area (Å²) >= 11 is 6.13. The number of rotatable bonds is 13. The molecule has 1 N–H and O–H groups in total. The normalized spacial score (nSPS) is 13.0. The van der Waals surface area contributed by atoms with Crippen LogP contribution in [0, 0.1) is 0 Å². The molecule has 1 unspecified atom stereocenters. The molecule has 1 atom stereocenters. The standard InChI is InChI=1S/C28H31ClO7S/c1-4-7-20-18-24(36-22-10-13-25(14-11-22)37(3,32)33)12-15-26(20)35-17-6-16-34-23-9-5-8-21(19-23)28(2,29)27(30)31/h5,8-15,18-19H,4,6-7,16-17H2,1-3H3,(H,30,31). The van der Waals surface area contributed by atoms with Crippen LogP contribution in [0.15, 0.2) is 71.6 Å².